The summed E-state index contributed by atoms with van der Waals surface area (Å²) in [5.41, 5.74) is 2.10. The molecule has 1 atom stereocenters. The lowest BCUT2D eigenvalue weighted by Crippen LogP contribution is -1.99. The fourth-order valence-corrected chi connectivity index (χ4v) is 2.61. The van der Waals surface area contributed by atoms with Gasteiger partial charge < -0.3 is 4.42 Å². The van der Waals surface area contributed by atoms with E-state index in [1.165, 1.54) is 12.1 Å². The van der Waals surface area contributed by atoms with Gasteiger partial charge >= 0.3 is 0 Å². The number of rotatable bonds is 3. The maximum Gasteiger partial charge on any atom is 0.162 e. The molecule has 0 aliphatic heterocycles. The zero-order valence-corrected chi connectivity index (χ0v) is 12.1. The van der Waals surface area contributed by atoms with E-state index in [9.17, 15) is 8.78 Å². The molecule has 0 bridgehead atoms. The summed E-state index contributed by atoms with van der Waals surface area (Å²) in [5.74, 6) is -1.16. The van der Waals surface area contributed by atoms with E-state index in [-0.39, 0.29) is 12.0 Å². The van der Waals surface area contributed by atoms with E-state index in [1.807, 2.05) is 31.2 Å². The highest BCUT2D eigenvalue weighted by atomic mass is 35.5. The predicted octanol–water partition coefficient (Wildman–Crippen LogP) is 5.54. The van der Waals surface area contributed by atoms with Crippen LogP contribution in [0.4, 0.5) is 8.78 Å². The van der Waals surface area contributed by atoms with Gasteiger partial charge in [0.2, 0.25) is 0 Å². The first kappa shape index (κ1) is 14.1. The van der Waals surface area contributed by atoms with Gasteiger partial charge in [0.25, 0.3) is 0 Å². The molecular weight excluding hydrogens is 294 g/mol. The van der Waals surface area contributed by atoms with Crippen LogP contribution in [0, 0.1) is 18.6 Å². The van der Waals surface area contributed by atoms with E-state index in [0.717, 1.165) is 22.6 Å². The van der Waals surface area contributed by atoms with E-state index in [0.29, 0.717) is 5.76 Å². The monoisotopic (exact) mass is 306 g/mol. The Morgan fingerprint density at radius 3 is 2.76 bits per heavy atom. The minimum atomic E-state index is -0.864. The number of benzene rings is 2. The normalized spacial score (nSPS) is 12.8. The molecule has 0 N–H and O–H groups in total. The molecule has 4 heteroatoms. The number of fused-ring (bicyclic) bond motifs is 1. The first-order valence-electron chi connectivity index (χ1n) is 6.61. The van der Waals surface area contributed by atoms with Crippen molar-refractivity contribution < 1.29 is 13.2 Å². The van der Waals surface area contributed by atoms with E-state index < -0.39 is 17.0 Å². The van der Waals surface area contributed by atoms with Crippen molar-refractivity contribution in [1.82, 2.24) is 0 Å². The molecule has 0 aliphatic rings. The molecule has 1 heterocycles. The molecule has 0 saturated heterocycles. The quantitative estimate of drug-likeness (QED) is 0.579. The first-order valence-corrected chi connectivity index (χ1v) is 7.05. The number of furan rings is 1. The van der Waals surface area contributed by atoms with Crippen LogP contribution in [0.3, 0.4) is 0 Å². The van der Waals surface area contributed by atoms with Gasteiger partial charge in [-0.25, -0.2) is 8.78 Å². The highest BCUT2D eigenvalue weighted by Crippen LogP contribution is 2.31. The van der Waals surface area contributed by atoms with Crippen molar-refractivity contribution in [2.45, 2.75) is 18.7 Å². The number of hydrogen-bond donors (Lipinski definition) is 0. The largest absolute Gasteiger partial charge is 0.459 e. The van der Waals surface area contributed by atoms with Crippen molar-refractivity contribution in [3.05, 3.63) is 71.0 Å². The fraction of sp³-hybridized carbons (Fsp3) is 0.176. The Morgan fingerprint density at radius 1 is 1.14 bits per heavy atom. The van der Waals surface area contributed by atoms with E-state index in [2.05, 4.69) is 0 Å². The van der Waals surface area contributed by atoms with Gasteiger partial charge in [-0.1, -0.05) is 23.8 Å². The summed E-state index contributed by atoms with van der Waals surface area (Å²) in [4.78, 5) is 0. The third kappa shape index (κ3) is 2.79. The molecule has 0 radical (unpaired) electrons. The molecule has 0 amide bonds. The third-order valence-corrected chi connectivity index (χ3v) is 3.80. The molecule has 1 nitrogen and oxygen atoms in total. The van der Waals surface area contributed by atoms with Crippen LogP contribution >= 0.6 is 11.6 Å². The smallest absolute Gasteiger partial charge is 0.162 e. The van der Waals surface area contributed by atoms with Crippen LogP contribution in [0.15, 0.2) is 46.9 Å². The highest BCUT2D eigenvalue weighted by Gasteiger charge is 2.17. The van der Waals surface area contributed by atoms with Crippen LogP contribution in [0.2, 0.25) is 0 Å². The summed E-state index contributed by atoms with van der Waals surface area (Å²) in [6, 6.07) is 11.8. The third-order valence-electron chi connectivity index (χ3n) is 3.43. The molecule has 3 rings (SSSR count). The molecule has 2 aromatic carbocycles. The Bertz CT molecular complexity index is 795. The summed E-state index contributed by atoms with van der Waals surface area (Å²) in [5, 5.41) is 0.407. The zero-order chi connectivity index (χ0) is 15.0. The van der Waals surface area contributed by atoms with Crippen molar-refractivity contribution >= 4 is 22.6 Å². The second kappa shape index (κ2) is 5.49. The molecule has 1 aromatic heterocycles. The minimum absolute atomic E-state index is 0.171. The van der Waals surface area contributed by atoms with Crippen LogP contribution in [0.1, 0.15) is 22.3 Å². The zero-order valence-electron chi connectivity index (χ0n) is 11.4. The second-order valence-electron chi connectivity index (χ2n) is 5.07. The van der Waals surface area contributed by atoms with Gasteiger partial charge in [-0.2, -0.15) is 0 Å². The predicted molar refractivity (Wildman–Crippen MR) is 79.6 cm³/mol. The molecule has 0 saturated carbocycles. The average molecular weight is 307 g/mol. The molecule has 0 spiro atoms. The lowest BCUT2D eigenvalue weighted by molar-refractivity contribution is 0.492. The Balaban J connectivity index is 1.89. The maximum atomic E-state index is 13.7. The van der Waals surface area contributed by atoms with Crippen LogP contribution in [-0.4, -0.2) is 0 Å². The van der Waals surface area contributed by atoms with E-state index in [4.69, 9.17) is 16.0 Å². The van der Waals surface area contributed by atoms with Crippen LogP contribution in [0.5, 0.6) is 0 Å². The topological polar surface area (TPSA) is 13.1 Å². The van der Waals surface area contributed by atoms with Gasteiger partial charge in [-0.05, 0) is 43.2 Å². The van der Waals surface area contributed by atoms with Gasteiger partial charge in [0.1, 0.15) is 11.3 Å². The summed E-state index contributed by atoms with van der Waals surface area (Å²) in [7, 11) is 0. The number of hydrogen-bond acceptors (Lipinski definition) is 1. The van der Waals surface area contributed by atoms with Crippen LogP contribution in [0.25, 0.3) is 11.0 Å². The van der Waals surface area contributed by atoms with E-state index >= 15 is 0 Å². The van der Waals surface area contributed by atoms with Gasteiger partial charge in [0.15, 0.2) is 11.6 Å². The summed E-state index contributed by atoms with van der Waals surface area (Å²) in [6.07, 6.45) is 0.171. The maximum absolute atomic E-state index is 13.7. The standard InChI is InChI=1S/C17H13ClF2O/c1-10-5-6-15-12(7-10)9-16(21-15)13(18)8-11-3-2-4-14(19)17(11)20/h2-7,9,13H,8H2,1H3. The van der Waals surface area contributed by atoms with Crippen molar-refractivity contribution in [3.8, 4) is 0 Å². The van der Waals surface area contributed by atoms with E-state index in [1.54, 1.807) is 0 Å². The molecule has 1 unspecified atom stereocenters. The van der Waals surface area contributed by atoms with Crippen LogP contribution in [-0.2, 0) is 6.42 Å². The van der Waals surface area contributed by atoms with Crippen molar-refractivity contribution in [2.24, 2.45) is 0 Å². The van der Waals surface area contributed by atoms with Crippen molar-refractivity contribution in [3.63, 3.8) is 0 Å². The highest BCUT2D eigenvalue weighted by molar-refractivity contribution is 6.20. The minimum Gasteiger partial charge on any atom is -0.459 e. The number of halogens is 3. The summed E-state index contributed by atoms with van der Waals surface area (Å²) < 4.78 is 32.6. The molecule has 108 valence electrons. The SMILES string of the molecule is Cc1ccc2oc(C(Cl)Cc3cccc(F)c3F)cc2c1. The molecular formula is C17H13ClF2O. The molecule has 0 aliphatic carbocycles. The number of aryl methyl sites for hydroxylation is 1. The summed E-state index contributed by atoms with van der Waals surface area (Å²) in [6.45, 7) is 1.99. The fourth-order valence-electron chi connectivity index (χ4n) is 2.34. The van der Waals surface area contributed by atoms with Gasteiger partial charge in [-0.15, -0.1) is 11.6 Å². The number of alkyl halides is 1. The Labute approximate surface area is 126 Å². The lowest BCUT2D eigenvalue weighted by Gasteiger charge is -2.07. The summed E-state index contributed by atoms with van der Waals surface area (Å²) >= 11 is 6.29. The Kier molecular flexibility index (Phi) is 3.68. The van der Waals surface area contributed by atoms with Gasteiger partial charge in [-0.3, -0.25) is 0 Å². The van der Waals surface area contributed by atoms with Crippen molar-refractivity contribution in [2.75, 3.05) is 0 Å². The second-order valence-corrected chi connectivity index (χ2v) is 5.60. The molecule has 21 heavy (non-hydrogen) atoms. The van der Waals surface area contributed by atoms with Crippen molar-refractivity contribution in [1.29, 1.82) is 0 Å². The lowest BCUT2D eigenvalue weighted by atomic mass is 10.1. The van der Waals surface area contributed by atoms with Gasteiger partial charge in [0.05, 0.1) is 5.38 Å². The average Bonchev–Trinajstić information content (AvgIpc) is 2.87. The Morgan fingerprint density at radius 2 is 1.95 bits per heavy atom. The molecule has 3 aromatic rings. The van der Waals surface area contributed by atoms with Crippen LogP contribution < -0.4 is 0 Å². The molecule has 0 fully saturated rings. The Hall–Kier alpha value is -1.87. The first-order chi connectivity index (χ1) is 10.0. The van der Waals surface area contributed by atoms with Gasteiger partial charge in [0, 0.05) is 5.39 Å².